The molecule has 1 aliphatic rings. The normalized spacial score (nSPS) is 18.2. The van der Waals surface area contributed by atoms with Crippen molar-refractivity contribution in [2.75, 3.05) is 19.6 Å². The van der Waals surface area contributed by atoms with Crippen molar-refractivity contribution in [3.63, 3.8) is 0 Å². The zero-order chi connectivity index (χ0) is 16.6. The third-order valence-electron chi connectivity index (χ3n) is 4.52. The number of nitrogens with one attached hydrogen (secondary N) is 1. The molecule has 1 atom stereocenters. The Labute approximate surface area is 143 Å². The van der Waals surface area contributed by atoms with E-state index < -0.39 is 0 Å². The monoisotopic (exact) mass is 323 g/mol. The van der Waals surface area contributed by atoms with Crippen LogP contribution in [0.5, 0.6) is 0 Å². The van der Waals surface area contributed by atoms with Gasteiger partial charge in [-0.05, 0) is 43.0 Å². The summed E-state index contributed by atoms with van der Waals surface area (Å²) in [5.74, 6) is 0.0953. The molecule has 1 unspecified atom stereocenters. The lowest BCUT2D eigenvalue weighted by atomic mass is 10.0. The molecule has 1 aliphatic heterocycles. The van der Waals surface area contributed by atoms with Crippen LogP contribution in [0.15, 0.2) is 54.9 Å². The maximum Gasteiger partial charge on any atom is 0.224 e. The fourth-order valence-electron chi connectivity index (χ4n) is 3.28. The van der Waals surface area contributed by atoms with Crippen molar-refractivity contribution in [2.45, 2.75) is 31.7 Å². The second-order valence-electron chi connectivity index (χ2n) is 6.48. The molecule has 0 saturated carbocycles. The molecule has 24 heavy (non-hydrogen) atoms. The molecule has 0 aliphatic carbocycles. The van der Waals surface area contributed by atoms with Crippen LogP contribution in [0.3, 0.4) is 0 Å². The SMILES string of the molecule is O=C(Cc1cccnc1)NC1CCCN(CCc2ccccc2)C1. The Morgan fingerprint density at radius 2 is 2.00 bits per heavy atom. The highest BCUT2D eigenvalue weighted by Crippen LogP contribution is 2.12. The average molecular weight is 323 g/mol. The smallest absolute Gasteiger partial charge is 0.224 e. The van der Waals surface area contributed by atoms with Gasteiger partial charge in [0.25, 0.3) is 0 Å². The van der Waals surface area contributed by atoms with Gasteiger partial charge in [0.2, 0.25) is 5.91 Å². The molecular weight excluding hydrogens is 298 g/mol. The molecule has 1 aromatic heterocycles. The minimum absolute atomic E-state index is 0.0953. The zero-order valence-corrected chi connectivity index (χ0v) is 14.0. The lowest BCUT2D eigenvalue weighted by Crippen LogP contribution is -2.48. The Morgan fingerprint density at radius 1 is 1.17 bits per heavy atom. The van der Waals surface area contributed by atoms with Gasteiger partial charge in [-0.15, -0.1) is 0 Å². The van der Waals surface area contributed by atoms with Crippen LogP contribution in [0.25, 0.3) is 0 Å². The predicted molar refractivity (Wildman–Crippen MR) is 95.7 cm³/mol. The molecule has 3 rings (SSSR count). The van der Waals surface area contributed by atoms with E-state index in [0.717, 1.165) is 44.5 Å². The van der Waals surface area contributed by atoms with Gasteiger partial charge in [0.1, 0.15) is 0 Å². The highest BCUT2D eigenvalue weighted by Gasteiger charge is 2.21. The number of rotatable bonds is 6. The maximum absolute atomic E-state index is 12.2. The summed E-state index contributed by atoms with van der Waals surface area (Å²) in [7, 11) is 0. The van der Waals surface area contributed by atoms with E-state index in [0.29, 0.717) is 6.42 Å². The number of carbonyl (C=O) groups excluding carboxylic acids is 1. The molecule has 1 aromatic carbocycles. The third kappa shape index (κ3) is 5.17. The van der Waals surface area contributed by atoms with Gasteiger partial charge < -0.3 is 10.2 Å². The van der Waals surface area contributed by atoms with Gasteiger partial charge in [-0.3, -0.25) is 9.78 Å². The minimum atomic E-state index is 0.0953. The third-order valence-corrected chi connectivity index (χ3v) is 4.52. The van der Waals surface area contributed by atoms with Crippen molar-refractivity contribution in [1.29, 1.82) is 0 Å². The van der Waals surface area contributed by atoms with Gasteiger partial charge in [-0.1, -0.05) is 36.4 Å². The number of pyridine rings is 1. The number of amides is 1. The zero-order valence-electron chi connectivity index (χ0n) is 14.0. The Bertz CT molecular complexity index is 630. The number of nitrogens with zero attached hydrogens (tertiary/aromatic N) is 2. The fourth-order valence-corrected chi connectivity index (χ4v) is 3.28. The highest BCUT2D eigenvalue weighted by atomic mass is 16.1. The number of aromatic nitrogens is 1. The Balaban J connectivity index is 1.44. The fraction of sp³-hybridized carbons (Fsp3) is 0.400. The first kappa shape index (κ1) is 16.7. The number of hydrogen-bond acceptors (Lipinski definition) is 3. The van der Waals surface area contributed by atoms with Crippen LogP contribution >= 0.6 is 0 Å². The molecule has 0 bridgehead atoms. The van der Waals surface area contributed by atoms with Crippen molar-refractivity contribution in [3.8, 4) is 0 Å². The van der Waals surface area contributed by atoms with E-state index in [2.05, 4.69) is 45.5 Å². The van der Waals surface area contributed by atoms with E-state index in [9.17, 15) is 4.79 Å². The number of hydrogen-bond donors (Lipinski definition) is 1. The summed E-state index contributed by atoms with van der Waals surface area (Å²) < 4.78 is 0. The Kier molecular flexibility index (Phi) is 5.96. The highest BCUT2D eigenvalue weighted by molar-refractivity contribution is 5.78. The number of carbonyl (C=O) groups is 1. The van der Waals surface area contributed by atoms with Crippen LogP contribution in [-0.4, -0.2) is 41.5 Å². The summed E-state index contributed by atoms with van der Waals surface area (Å²) >= 11 is 0. The summed E-state index contributed by atoms with van der Waals surface area (Å²) in [4.78, 5) is 18.7. The maximum atomic E-state index is 12.2. The van der Waals surface area contributed by atoms with Gasteiger partial charge in [0.15, 0.2) is 0 Å². The summed E-state index contributed by atoms with van der Waals surface area (Å²) in [6, 6.07) is 14.7. The molecule has 2 aromatic rings. The van der Waals surface area contributed by atoms with E-state index in [1.807, 2.05) is 12.1 Å². The predicted octanol–water partition coefficient (Wildman–Crippen LogP) is 2.45. The van der Waals surface area contributed by atoms with E-state index >= 15 is 0 Å². The molecule has 0 radical (unpaired) electrons. The number of piperidine rings is 1. The minimum Gasteiger partial charge on any atom is -0.352 e. The van der Waals surface area contributed by atoms with Crippen LogP contribution in [0.4, 0.5) is 0 Å². The topological polar surface area (TPSA) is 45.2 Å². The van der Waals surface area contributed by atoms with Gasteiger partial charge in [-0.2, -0.15) is 0 Å². The first-order valence-corrected chi connectivity index (χ1v) is 8.74. The first-order valence-electron chi connectivity index (χ1n) is 8.74. The van der Waals surface area contributed by atoms with Crippen LogP contribution in [0.2, 0.25) is 0 Å². The van der Waals surface area contributed by atoms with Crippen molar-refractivity contribution >= 4 is 5.91 Å². The second-order valence-corrected chi connectivity index (χ2v) is 6.48. The molecule has 1 saturated heterocycles. The first-order chi connectivity index (χ1) is 11.8. The lowest BCUT2D eigenvalue weighted by Gasteiger charge is -2.33. The van der Waals surface area contributed by atoms with Crippen LogP contribution < -0.4 is 5.32 Å². The van der Waals surface area contributed by atoms with Crippen LogP contribution in [0.1, 0.15) is 24.0 Å². The molecule has 126 valence electrons. The molecule has 4 nitrogen and oxygen atoms in total. The van der Waals surface area contributed by atoms with Gasteiger partial charge in [0, 0.05) is 31.5 Å². The summed E-state index contributed by atoms with van der Waals surface area (Å²) in [6.07, 6.45) is 7.18. The van der Waals surface area contributed by atoms with Gasteiger partial charge in [-0.25, -0.2) is 0 Å². The van der Waals surface area contributed by atoms with Gasteiger partial charge in [0.05, 0.1) is 6.42 Å². The summed E-state index contributed by atoms with van der Waals surface area (Å²) in [6.45, 7) is 3.13. The number of benzene rings is 1. The van der Waals surface area contributed by atoms with Gasteiger partial charge >= 0.3 is 0 Å². The van der Waals surface area contributed by atoms with Crippen molar-refractivity contribution in [1.82, 2.24) is 15.2 Å². The molecule has 1 fully saturated rings. The summed E-state index contributed by atoms with van der Waals surface area (Å²) in [5, 5.41) is 3.19. The molecular formula is C20H25N3O. The van der Waals surface area contributed by atoms with Crippen molar-refractivity contribution in [3.05, 3.63) is 66.0 Å². The molecule has 1 amide bonds. The molecule has 1 N–H and O–H groups in total. The average Bonchev–Trinajstić information content (AvgIpc) is 2.62. The largest absolute Gasteiger partial charge is 0.352 e. The molecule has 4 heteroatoms. The standard InChI is InChI=1S/C20H25N3O/c24-20(14-18-8-4-11-21-15-18)22-19-9-5-12-23(16-19)13-10-17-6-2-1-3-7-17/h1-4,6-8,11,15,19H,5,9-10,12-14,16H2,(H,22,24). The van der Waals surface area contributed by atoms with E-state index in [4.69, 9.17) is 0 Å². The summed E-state index contributed by atoms with van der Waals surface area (Å²) in [5.41, 5.74) is 2.34. The van der Waals surface area contributed by atoms with Crippen LogP contribution in [-0.2, 0) is 17.6 Å². The molecule has 2 heterocycles. The Hall–Kier alpha value is -2.20. The Morgan fingerprint density at radius 3 is 2.79 bits per heavy atom. The van der Waals surface area contributed by atoms with E-state index in [1.54, 1.807) is 12.4 Å². The number of likely N-dealkylation sites (tertiary alicyclic amines) is 1. The quantitative estimate of drug-likeness (QED) is 0.888. The second kappa shape index (κ2) is 8.60. The van der Waals surface area contributed by atoms with E-state index in [1.165, 1.54) is 5.56 Å². The van der Waals surface area contributed by atoms with Crippen molar-refractivity contribution in [2.24, 2.45) is 0 Å². The van der Waals surface area contributed by atoms with E-state index in [-0.39, 0.29) is 11.9 Å². The lowest BCUT2D eigenvalue weighted by molar-refractivity contribution is -0.121. The van der Waals surface area contributed by atoms with Crippen LogP contribution in [0, 0.1) is 0 Å². The van der Waals surface area contributed by atoms with Crippen molar-refractivity contribution < 1.29 is 4.79 Å². The molecule has 0 spiro atoms.